The van der Waals surface area contributed by atoms with Gasteiger partial charge in [0.15, 0.2) is 0 Å². The van der Waals surface area contributed by atoms with Crippen molar-refractivity contribution >= 4 is 39.1 Å². The molecule has 0 aliphatic rings. The van der Waals surface area contributed by atoms with Crippen LogP contribution in [0.25, 0.3) is 0 Å². The number of benzene rings is 2. The van der Waals surface area contributed by atoms with Crippen molar-refractivity contribution in [3.63, 3.8) is 0 Å². The minimum Gasteiger partial charge on any atom is -0.496 e. The van der Waals surface area contributed by atoms with E-state index in [9.17, 15) is 0 Å². The number of ether oxygens (including phenoxy) is 1. The van der Waals surface area contributed by atoms with Crippen LogP contribution in [0.5, 0.6) is 5.75 Å². The van der Waals surface area contributed by atoms with Gasteiger partial charge in [0.05, 0.1) is 13.2 Å². The number of hydrogen-bond donors (Lipinski definition) is 2. The predicted octanol–water partition coefficient (Wildman–Crippen LogP) is 4.32. The van der Waals surface area contributed by atoms with E-state index in [1.54, 1.807) is 13.2 Å². The van der Waals surface area contributed by atoms with Crippen molar-refractivity contribution in [2.24, 2.45) is 5.84 Å². The molecular weight excluding hydrogens is 363 g/mol. The summed E-state index contributed by atoms with van der Waals surface area (Å²) in [7, 11) is 1.61. The van der Waals surface area contributed by atoms with Gasteiger partial charge in [0.1, 0.15) is 5.75 Å². The van der Waals surface area contributed by atoms with Crippen molar-refractivity contribution in [1.29, 1.82) is 0 Å². The molecule has 6 heteroatoms. The molecule has 106 valence electrons. The molecule has 2 rings (SSSR count). The first-order valence-electron chi connectivity index (χ1n) is 5.80. The highest BCUT2D eigenvalue weighted by molar-refractivity contribution is 9.10. The lowest BCUT2D eigenvalue weighted by Gasteiger charge is -2.20. The third-order valence-corrected chi connectivity index (χ3v) is 3.80. The van der Waals surface area contributed by atoms with Crippen molar-refractivity contribution in [2.75, 3.05) is 7.11 Å². The Kier molecular flexibility index (Phi) is 5.29. The van der Waals surface area contributed by atoms with Crippen LogP contribution >= 0.6 is 39.1 Å². The van der Waals surface area contributed by atoms with Crippen LogP contribution in [-0.4, -0.2) is 7.11 Å². The fraction of sp³-hybridized carbons (Fsp3) is 0.143. The van der Waals surface area contributed by atoms with E-state index in [0.29, 0.717) is 15.8 Å². The van der Waals surface area contributed by atoms with E-state index in [4.69, 9.17) is 33.8 Å². The van der Waals surface area contributed by atoms with E-state index >= 15 is 0 Å². The monoisotopic (exact) mass is 374 g/mol. The molecular formula is C14H13BrCl2N2O. The molecule has 0 amide bonds. The number of rotatable bonds is 4. The molecule has 0 radical (unpaired) electrons. The van der Waals surface area contributed by atoms with Crippen molar-refractivity contribution in [1.82, 2.24) is 5.43 Å². The second-order valence-electron chi connectivity index (χ2n) is 4.19. The Bertz CT molecular complexity index is 602. The molecule has 0 saturated heterocycles. The normalized spacial score (nSPS) is 12.2. The van der Waals surface area contributed by atoms with E-state index in [2.05, 4.69) is 21.4 Å². The lowest BCUT2D eigenvalue weighted by molar-refractivity contribution is 0.404. The smallest absolute Gasteiger partial charge is 0.124 e. The largest absolute Gasteiger partial charge is 0.496 e. The summed E-state index contributed by atoms with van der Waals surface area (Å²) in [6, 6.07) is 10.7. The molecule has 1 atom stereocenters. The zero-order chi connectivity index (χ0) is 14.7. The van der Waals surface area contributed by atoms with Crippen molar-refractivity contribution in [3.05, 3.63) is 62.0 Å². The Morgan fingerprint density at radius 3 is 2.50 bits per heavy atom. The minimum atomic E-state index is -0.279. The van der Waals surface area contributed by atoms with Crippen molar-refractivity contribution in [2.45, 2.75) is 6.04 Å². The van der Waals surface area contributed by atoms with Crippen LogP contribution < -0.4 is 16.0 Å². The number of halogens is 3. The molecule has 0 aromatic heterocycles. The van der Waals surface area contributed by atoms with Gasteiger partial charge in [-0.15, -0.1) is 0 Å². The first-order valence-corrected chi connectivity index (χ1v) is 7.35. The fourth-order valence-corrected chi connectivity index (χ4v) is 3.11. The van der Waals surface area contributed by atoms with Crippen molar-refractivity contribution < 1.29 is 4.74 Å². The highest BCUT2D eigenvalue weighted by atomic mass is 79.9. The summed E-state index contributed by atoms with van der Waals surface area (Å²) in [5.74, 6) is 6.41. The van der Waals surface area contributed by atoms with Crippen LogP contribution in [0.3, 0.4) is 0 Å². The van der Waals surface area contributed by atoms with Crippen LogP contribution in [0.4, 0.5) is 0 Å². The summed E-state index contributed by atoms with van der Waals surface area (Å²) < 4.78 is 6.24. The maximum atomic E-state index is 6.09. The molecule has 0 heterocycles. The van der Waals surface area contributed by atoms with Crippen LogP contribution in [-0.2, 0) is 0 Å². The highest BCUT2D eigenvalue weighted by Gasteiger charge is 2.18. The van der Waals surface area contributed by atoms with Gasteiger partial charge in [0, 0.05) is 20.1 Å². The number of nitrogens with one attached hydrogen (secondary N) is 1. The summed E-state index contributed by atoms with van der Waals surface area (Å²) in [6.45, 7) is 0. The Balaban J connectivity index is 2.54. The zero-order valence-corrected chi connectivity index (χ0v) is 13.8. The summed E-state index contributed by atoms with van der Waals surface area (Å²) in [5, 5.41) is 1.23. The molecule has 0 saturated carbocycles. The van der Waals surface area contributed by atoms with Gasteiger partial charge in [-0.2, -0.15) is 0 Å². The Morgan fingerprint density at radius 1 is 1.15 bits per heavy atom. The lowest BCUT2D eigenvalue weighted by atomic mass is 9.98. The lowest BCUT2D eigenvalue weighted by Crippen LogP contribution is -2.29. The predicted molar refractivity (Wildman–Crippen MR) is 86.3 cm³/mol. The Labute approximate surface area is 136 Å². The SMILES string of the molecule is COc1ccc(Cl)cc1C(NN)c1cc(Cl)cc(Br)c1. The molecule has 2 aromatic rings. The molecule has 0 spiro atoms. The molecule has 20 heavy (non-hydrogen) atoms. The van der Waals surface area contributed by atoms with Gasteiger partial charge in [-0.3, -0.25) is 5.84 Å². The van der Waals surface area contributed by atoms with Crippen molar-refractivity contribution in [3.8, 4) is 5.75 Å². The van der Waals surface area contributed by atoms with Gasteiger partial charge < -0.3 is 4.74 Å². The number of methoxy groups -OCH3 is 1. The summed E-state index contributed by atoms with van der Waals surface area (Å²) >= 11 is 15.6. The molecule has 3 N–H and O–H groups in total. The summed E-state index contributed by atoms with van der Waals surface area (Å²) in [4.78, 5) is 0. The van der Waals surface area contributed by atoms with Gasteiger partial charge in [0.25, 0.3) is 0 Å². The average molecular weight is 376 g/mol. The first-order chi connectivity index (χ1) is 9.55. The Morgan fingerprint density at radius 2 is 1.90 bits per heavy atom. The molecule has 0 fully saturated rings. The number of hydrogen-bond acceptors (Lipinski definition) is 3. The maximum Gasteiger partial charge on any atom is 0.124 e. The topological polar surface area (TPSA) is 47.3 Å². The highest BCUT2D eigenvalue weighted by Crippen LogP contribution is 2.34. The molecule has 0 aliphatic carbocycles. The molecule has 0 aliphatic heterocycles. The van der Waals surface area contributed by atoms with Gasteiger partial charge >= 0.3 is 0 Å². The molecule has 0 bridgehead atoms. The van der Waals surface area contributed by atoms with E-state index < -0.39 is 0 Å². The minimum absolute atomic E-state index is 0.279. The van der Waals surface area contributed by atoms with Crippen LogP contribution in [0.2, 0.25) is 10.0 Å². The average Bonchev–Trinajstić information content (AvgIpc) is 2.39. The van der Waals surface area contributed by atoms with E-state index in [1.807, 2.05) is 30.3 Å². The second-order valence-corrected chi connectivity index (χ2v) is 5.98. The molecule has 2 aromatic carbocycles. The van der Waals surface area contributed by atoms with Crippen LogP contribution in [0.1, 0.15) is 17.2 Å². The summed E-state index contributed by atoms with van der Waals surface area (Å²) in [6.07, 6.45) is 0. The zero-order valence-electron chi connectivity index (χ0n) is 10.7. The Hall–Kier alpha value is -0.780. The first kappa shape index (κ1) is 15.6. The van der Waals surface area contributed by atoms with Crippen LogP contribution in [0.15, 0.2) is 40.9 Å². The molecule has 3 nitrogen and oxygen atoms in total. The van der Waals surface area contributed by atoms with E-state index in [-0.39, 0.29) is 6.04 Å². The van der Waals surface area contributed by atoms with Gasteiger partial charge in [-0.05, 0) is 42.0 Å². The quantitative estimate of drug-likeness (QED) is 0.618. The second kappa shape index (κ2) is 6.78. The van der Waals surface area contributed by atoms with Gasteiger partial charge in [-0.25, -0.2) is 5.43 Å². The van der Waals surface area contributed by atoms with Crippen LogP contribution in [0, 0.1) is 0 Å². The fourth-order valence-electron chi connectivity index (χ4n) is 2.04. The maximum absolute atomic E-state index is 6.09. The number of hydrazine groups is 1. The number of nitrogens with two attached hydrogens (primary N) is 1. The van der Waals surface area contributed by atoms with Gasteiger partial charge in [-0.1, -0.05) is 39.1 Å². The third-order valence-electron chi connectivity index (χ3n) is 2.89. The third kappa shape index (κ3) is 3.45. The van der Waals surface area contributed by atoms with E-state index in [0.717, 1.165) is 15.6 Å². The van der Waals surface area contributed by atoms with Gasteiger partial charge in [0.2, 0.25) is 0 Å². The van der Waals surface area contributed by atoms with E-state index in [1.165, 1.54) is 0 Å². The molecule has 1 unspecified atom stereocenters. The summed E-state index contributed by atoms with van der Waals surface area (Å²) in [5.41, 5.74) is 4.53. The standard InChI is InChI=1S/C14H13BrCl2N2O/c1-20-13-3-2-10(16)7-12(13)14(19-18)8-4-9(15)6-11(17)5-8/h2-7,14,19H,18H2,1H3.